The number of benzene rings is 2. The third-order valence-electron chi connectivity index (χ3n) is 4.63. The number of para-hydroxylation sites is 2. The highest BCUT2D eigenvalue weighted by Gasteiger charge is 2.31. The lowest BCUT2D eigenvalue weighted by Gasteiger charge is -2.31. The van der Waals surface area contributed by atoms with Crippen molar-refractivity contribution in [3.05, 3.63) is 54.1 Å². The molecule has 3 rings (SSSR count). The van der Waals surface area contributed by atoms with Crippen LogP contribution in [0.2, 0.25) is 0 Å². The van der Waals surface area contributed by atoms with Crippen molar-refractivity contribution >= 4 is 17.5 Å². The standard InChI is InChI=1S/C21H24N2O4/c1-23-17-5-3-4-6-18(17)27-19(21(23)25)13-14-22-20(24)12-9-15-7-10-16(26-2)11-8-15/h3-8,10-11,19H,9,12-14H2,1-2H3,(H,22,24). The molecule has 6 nitrogen and oxygen atoms in total. The van der Waals surface area contributed by atoms with Crippen LogP contribution in [-0.4, -0.2) is 38.6 Å². The smallest absolute Gasteiger partial charge is 0.267 e. The number of hydrogen-bond donors (Lipinski definition) is 1. The fraction of sp³-hybridized carbons (Fsp3) is 0.333. The van der Waals surface area contributed by atoms with Crippen LogP contribution in [0, 0.1) is 0 Å². The molecule has 6 heteroatoms. The Balaban J connectivity index is 1.44. The molecule has 0 saturated heterocycles. The van der Waals surface area contributed by atoms with Crippen molar-refractivity contribution in [2.24, 2.45) is 0 Å². The maximum absolute atomic E-state index is 12.4. The molecular formula is C21H24N2O4. The molecule has 27 heavy (non-hydrogen) atoms. The van der Waals surface area contributed by atoms with E-state index in [0.717, 1.165) is 17.0 Å². The number of fused-ring (bicyclic) bond motifs is 1. The second-order valence-electron chi connectivity index (χ2n) is 6.46. The first kappa shape index (κ1) is 18.8. The number of methoxy groups -OCH3 is 1. The summed E-state index contributed by atoms with van der Waals surface area (Å²) in [5, 5.41) is 2.87. The quantitative estimate of drug-likeness (QED) is 0.816. The van der Waals surface area contributed by atoms with Crippen molar-refractivity contribution < 1.29 is 19.1 Å². The Kier molecular flexibility index (Phi) is 5.96. The Morgan fingerprint density at radius 3 is 2.67 bits per heavy atom. The highest BCUT2D eigenvalue weighted by Crippen LogP contribution is 2.33. The zero-order valence-electron chi connectivity index (χ0n) is 15.6. The highest BCUT2D eigenvalue weighted by molar-refractivity contribution is 5.99. The van der Waals surface area contributed by atoms with E-state index in [2.05, 4.69) is 5.32 Å². The zero-order chi connectivity index (χ0) is 19.2. The van der Waals surface area contributed by atoms with Gasteiger partial charge in [-0.15, -0.1) is 0 Å². The first-order valence-corrected chi connectivity index (χ1v) is 9.01. The minimum atomic E-state index is -0.577. The molecule has 1 N–H and O–H groups in total. The normalized spacial score (nSPS) is 15.7. The lowest BCUT2D eigenvalue weighted by molar-refractivity contribution is -0.127. The van der Waals surface area contributed by atoms with Gasteiger partial charge in [0.15, 0.2) is 6.10 Å². The number of aryl methyl sites for hydroxylation is 1. The molecule has 0 saturated carbocycles. The first-order chi connectivity index (χ1) is 13.1. The average molecular weight is 368 g/mol. The van der Waals surface area contributed by atoms with Gasteiger partial charge in [0.1, 0.15) is 11.5 Å². The van der Waals surface area contributed by atoms with Crippen LogP contribution in [0.3, 0.4) is 0 Å². The number of rotatable bonds is 7. The van der Waals surface area contributed by atoms with Gasteiger partial charge in [-0.3, -0.25) is 9.59 Å². The number of nitrogens with one attached hydrogen (secondary N) is 1. The van der Waals surface area contributed by atoms with E-state index in [1.165, 1.54) is 0 Å². The number of carbonyl (C=O) groups excluding carboxylic acids is 2. The third-order valence-corrected chi connectivity index (χ3v) is 4.63. The van der Waals surface area contributed by atoms with Gasteiger partial charge in [-0.05, 0) is 36.2 Å². The van der Waals surface area contributed by atoms with E-state index in [-0.39, 0.29) is 11.8 Å². The molecule has 1 aliphatic rings. The van der Waals surface area contributed by atoms with E-state index in [4.69, 9.17) is 9.47 Å². The minimum absolute atomic E-state index is 0.0390. The summed E-state index contributed by atoms with van der Waals surface area (Å²) in [6, 6.07) is 15.1. The van der Waals surface area contributed by atoms with E-state index in [1.54, 1.807) is 19.1 Å². The third kappa shape index (κ3) is 4.58. The van der Waals surface area contributed by atoms with Gasteiger partial charge in [0.25, 0.3) is 5.91 Å². The second-order valence-corrected chi connectivity index (χ2v) is 6.46. The molecule has 1 aliphatic heterocycles. The topological polar surface area (TPSA) is 67.9 Å². The Hall–Kier alpha value is -3.02. The van der Waals surface area contributed by atoms with Gasteiger partial charge in [-0.1, -0.05) is 24.3 Å². The average Bonchev–Trinajstić information content (AvgIpc) is 2.70. The maximum atomic E-state index is 12.4. The molecule has 2 aromatic carbocycles. The highest BCUT2D eigenvalue weighted by atomic mass is 16.5. The second kappa shape index (κ2) is 8.58. The number of likely N-dealkylation sites (N-methyl/N-ethyl adjacent to an activating group) is 1. The van der Waals surface area contributed by atoms with Crippen LogP contribution in [0.5, 0.6) is 11.5 Å². The van der Waals surface area contributed by atoms with Gasteiger partial charge in [-0.25, -0.2) is 0 Å². The summed E-state index contributed by atoms with van der Waals surface area (Å²) in [6.45, 7) is 0.397. The fourth-order valence-corrected chi connectivity index (χ4v) is 3.04. The molecule has 0 radical (unpaired) electrons. The molecule has 0 aliphatic carbocycles. The molecule has 1 unspecified atom stereocenters. The fourth-order valence-electron chi connectivity index (χ4n) is 3.04. The van der Waals surface area contributed by atoms with Crippen LogP contribution >= 0.6 is 0 Å². The Morgan fingerprint density at radius 2 is 1.93 bits per heavy atom. The van der Waals surface area contributed by atoms with Crippen LogP contribution in [-0.2, 0) is 16.0 Å². The van der Waals surface area contributed by atoms with Gasteiger partial charge in [-0.2, -0.15) is 0 Å². The Morgan fingerprint density at radius 1 is 1.19 bits per heavy atom. The van der Waals surface area contributed by atoms with Crippen LogP contribution in [0.15, 0.2) is 48.5 Å². The van der Waals surface area contributed by atoms with Gasteiger partial charge < -0.3 is 19.7 Å². The van der Waals surface area contributed by atoms with Crippen molar-refractivity contribution in [2.75, 3.05) is 25.6 Å². The number of ether oxygens (including phenoxy) is 2. The van der Waals surface area contributed by atoms with Crippen LogP contribution in [0.1, 0.15) is 18.4 Å². The molecule has 2 amide bonds. The molecule has 0 fully saturated rings. The zero-order valence-corrected chi connectivity index (χ0v) is 15.6. The predicted octanol–water partition coefficient (Wildman–Crippen LogP) is 2.56. The van der Waals surface area contributed by atoms with Gasteiger partial charge in [0, 0.05) is 26.4 Å². The van der Waals surface area contributed by atoms with Gasteiger partial charge in [0.2, 0.25) is 5.91 Å². The van der Waals surface area contributed by atoms with Crippen molar-refractivity contribution in [3.63, 3.8) is 0 Å². The summed E-state index contributed by atoms with van der Waals surface area (Å²) in [5.41, 5.74) is 1.84. The lowest BCUT2D eigenvalue weighted by Crippen LogP contribution is -2.45. The van der Waals surface area contributed by atoms with Gasteiger partial charge in [0.05, 0.1) is 12.8 Å². The number of anilines is 1. The number of carbonyl (C=O) groups is 2. The van der Waals surface area contributed by atoms with Crippen LogP contribution < -0.4 is 19.7 Å². The van der Waals surface area contributed by atoms with Crippen LogP contribution in [0.25, 0.3) is 0 Å². The molecule has 0 spiro atoms. The maximum Gasteiger partial charge on any atom is 0.267 e. The molecular weight excluding hydrogens is 344 g/mol. The van der Waals surface area contributed by atoms with E-state index < -0.39 is 6.10 Å². The Bertz CT molecular complexity index is 804. The van der Waals surface area contributed by atoms with Gasteiger partial charge >= 0.3 is 0 Å². The number of nitrogens with zero attached hydrogens (tertiary/aromatic N) is 1. The van der Waals surface area contributed by atoms with Crippen molar-refractivity contribution in [1.29, 1.82) is 0 Å². The molecule has 2 aromatic rings. The molecule has 142 valence electrons. The summed E-state index contributed by atoms with van der Waals surface area (Å²) in [4.78, 5) is 26.1. The van der Waals surface area contributed by atoms with Crippen LogP contribution in [0.4, 0.5) is 5.69 Å². The van der Waals surface area contributed by atoms with Crippen molar-refractivity contribution in [3.8, 4) is 11.5 Å². The lowest BCUT2D eigenvalue weighted by atomic mass is 10.1. The van der Waals surface area contributed by atoms with E-state index in [1.807, 2.05) is 48.5 Å². The molecule has 1 atom stereocenters. The van der Waals surface area contributed by atoms with Crippen molar-refractivity contribution in [2.45, 2.75) is 25.4 Å². The number of amides is 2. The predicted molar refractivity (Wildman–Crippen MR) is 103 cm³/mol. The number of hydrogen-bond acceptors (Lipinski definition) is 4. The first-order valence-electron chi connectivity index (χ1n) is 9.01. The monoisotopic (exact) mass is 368 g/mol. The van der Waals surface area contributed by atoms with E-state index in [9.17, 15) is 9.59 Å². The molecule has 0 bridgehead atoms. The SMILES string of the molecule is COc1ccc(CCC(=O)NCCC2Oc3ccccc3N(C)C2=O)cc1. The summed E-state index contributed by atoms with van der Waals surface area (Å²) >= 11 is 0. The minimum Gasteiger partial charge on any atom is -0.497 e. The summed E-state index contributed by atoms with van der Waals surface area (Å²) in [6.07, 6.45) is 0.914. The van der Waals surface area contributed by atoms with E-state index in [0.29, 0.717) is 31.6 Å². The van der Waals surface area contributed by atoms with E-state index >= 15 is 0 Å². The summed E-state index contributed by atoms with van der Waals surface area (Å²) in [5.74, 6) is 1.35. The summed E-state index contributed by atoms with van der Waals surface area (Å²) in [7, 11) is 3.36. The molecule has 0 aromatic heterocycles. The Labute approximate surface area is 159 Å². The molecule has 1 heterocycles. The largest absolute Gasteiger partial charge is 0.497 e. The van der Waals surface area contributed by atoms with Crippen molar-refractivity contribution in [1.82, 2.24) is 5.32 Å². The summed E-state index contributed by atoms with van der Waals surface area (Å²) < 4.78 is 10.9.